The molecule has 6 heteroatoms. The Morgan fingerprint density at radius 3 is 2.33 bits per heavy atom. The monoisotopic (exact) mass is 212 g/mol. The van der Waals surface area contributed by atoms with Crippen molar-refractivity contribution >= 4 is 11.9 Å². The molecule has 1 saturated heterocycles. The summed E-state index contributed by atoms with van der Waals surface area (Å²) in [5.74, 6) is 0.146. The van der Waals surface area contributed by atoms with Crippen LogP contribution in [0.2, 0.25) is 0 Å². The van der Waals surface area contributed by atoms with E-state index in [2.05, 4.69) is 21.8 Å². The minimum absolute atomic E-state index is 0.0396. The van der Waals surface area contributed by atoms with Crippen molar-refractivity contribution in [3.63, 3.8) is 0 Å². The van der Waals surface area contributed by atoms with Crippen LogP contribution in [-0.2, 0) is 0 Å². The first-order chi connectivity index (χ1) is 7.11. The normalized spacial score (nSPS) is 20.2. The number of hydrogen-bond acceptors (Lipinski definition) is 2. The van der Waals surface area contributed by atoms with Gasteiger partial charge < -0.3 is 22.1 Å². The van der Waals surface area contributed by atoms with E-state index in [9.17, 15) is 0 Å². The molecule has 0 aromatic carbocycles. The Balaban J connectivity index is 2.44. The van der Waals surface area contributed by atoms with E-state index in [1.807, 2.05) is 0 Å². The minimum Gasteiger partial charge on any atom is -0.370 e. The molecule has 0 atom stereocenters. The summed E-state index contributed by atoms with van der Waals surface area (Å²) in [6, 6.07) is 0.260. The molecule has 0 amide bonds. The predicted octanol–water partition coefficient (Wildman–Crippen LogP) is -0.941. The fraction of sp³-hybridized carbons (Fsp3) is 0.778. The van der Waals surface area contributed by atoms with Crippen molar-refractivity contribution < 1.29 is 0 Å². The van der Waals surface area contributed by atoms with Crippen molar-refractivity contribution in [2.45, 2.75) is 25.8 Å². The van der Waals surface area contributed by atoms with Crippen molar-refractivity contribution in [3.8, 4) is 0 Å². The highest BCUT2D eigenvalue weighted by Gasteiger charge is 2.17. The molecule has 0 spiro atoms. The van der Waals surface area contributed by atoms with Gasteiger partial charge in [-0.15, -0.1) is 0 Å². The highest BCUT2D eigenvalue weighted by molar-refractivity contribution is 5.92. The second-order valence-electron chi connectivity index (χ2n) is 3.69. The number of hydrogen-bond donors (Lipinski definition) is 3. The van der Waals surface area contributed by atoms with E-state index in [1.54, 1.807) is 0 Å². The van der Waals surface area contributed by atoms with Crippen LogP contribution in [0.3, 0.4) is 0 Å². The van der Waals surface area contributed by atoms with Gasteiger partial charge in [0.1, 0.15) is 0 Å². The second-order valence-corrected chi connectivity index (χ2v) is 3.69. The molecular weight excluding hydrogens is 192 g/mol. The van der Waals surface area contributed by atoms with E-state index >= 15 is 0 Å². The summed E-state index contributed by atoms with van der Waals surface area (Å²) in [6.07, 6.45) is 2.04. The topological polar surface area (TPSA) is 106 Å². The van der Waals surface area contributed by atoms with Crippen LogP contribution in [0.1, 0.15) is 19.8 Å². The molecule has 0 aliphatic carbocycles. The van der Waals surface area contributed by atoms with Gasteiger partial charge in [-0.2, -0.15) is 4.99 Å². The molecule has 1 fully saturated rings. The summed E-state index contributed by atoms with van der Waals surface area (Å²) < 4.78 is 0. The molecule has 0 aromatic heterocycles. The van der Waals surface area contributed by atoms with E-state index in [1.165, 1.54) is 0 Å². The van der Waals surface area contributed by atoms with Crippen LogP contribution in [0, 0.1) is 0 Å². The van der Waals surface area contributed by atoms with Gasteiger partial charge in [-0.05, 0) is 19.4 Å². The lowest BCUT2D eigenvalue weighted by atomic mass is 10.1. The molecule has 86 valence electrons. The van der Waals surface area contributed by atoms with Crippen molar-refractivity contribution in [1.29, 1.82) is 0 Å². The van der Waals surface area contributed by atoms with Gasteiger partial charge in [-0.3, -0.25) is 0 Å². The summed E-state index contributed by atoms with van der Waals surface area (Å²) in [5, 5.41) is 0. The smallest absolute Gasteiger partial charge is 0.218 e. The maximum absolute atomic E-state index is 5.56. The van der Waals surface area contributed by atoms with Gasteiger partial charge in [0.05, 0.1) is 6.04 Å². The summed E-state index contributed by atoms with van der Waals surface area (Å²) in [7, 11) is 0. The molecule has 1 rings (SSSR count). The average molecular weight is 212 g/mol. The summed E-state index contributed by atoms with van der Waals surface area (Å²) in [4.78, 5) is 10.4. The molecule has 0 unspecified atom stereocenters. The van der Waals surface area contributed by atoms with E-state index < -0.39 is 0 Å². The molecule has 0 bridgehead atoms. The summed E-state index contributed by atoms with van der Waals surface area (Å²) in [5.41, 5.74) is 16.0. The third kappa shape index (κ3) is 4.16. The van der Waals surface area contributed by atoms with Crippen molar-refractivity contribution in [3.05, 3.63) is 0 Å². The van der Waals surface area contributed by atoms with Crippen LogP contribution in [0.25, 0.3) is 0 Å². The van der Waals surface area contributed by atoms with Crippen LogP contribution in [0.15, 0.2) is 9.98 Å². The Hall–Kier alpha value is -1.30. The molecule has 15 heavy (non-hydrogen) atoms. The van der Waals surface area contributed by atoms with Crippen molar-refractivity contribution in [2.24, 2.45) is 27.2 Å². The zero-order valence-electron chi connectivity index (χ0n) is 9.19. The van der Waals surface area contributed by atoms with Gasteiger partial charge in [-0.25, -0.2) is 4.99 Å². The van der Waals surface area contributed by atoms with E-state index in [-0.39, 0.29) is 18.0 Å². The van der Waals surface area contributed by atoms with Crippen molar-refractivity contribution in [2.75, 3.05) is 19.6 Å². The van der Waals surface area contributed by atoms with E-state index in [0.29, 0.717) is 0 Å². The van der Waals surface area contributed by atoms with Gasteiger partial charge in [0.25, 0.3) is 0 Å². The zero-order chi connectivity index (χ0) is 11.3. The van der Waals surface area contributed by atoms with Crippen LogP contribution < -0.4 is 17.2 Å². The van der Waals surface area contributed by atoms with E-state index in [4.69, 9.17) is 17.2 Å². The van der Waals surface area contributed by atoms with Gasteiger partial charge in [0, 0.05) is 13.1 Å². The molecule has 0 saturated carbocycles. The molecule has 1 aliphatic rings. The quantitative estimate of drug-likeness (QED) is 0.405. The van der Waals surface area contributed by atoms with Crippen LogP contribution in [-0.4, -0.2) is 42.5 Å². The lowest BCUT2D eigenvalue weighted by Crippen LogP contribution is -2.36. The predicted molar refractivity (Wildman–Crippen MR) is 62.6 cm³/mol. The third-order valence-electron chi connectivity index (χ3n) is 2.56. The van der Waals surface area contributed by atoms with Crippen LogP contribution in [0.4, 0.5) is 0 Å². The lowest BCUT2D eigenvalue weighted by molar-refractivity contribution is 0.224. The number of piperidine rings is 1. The lowest BCUT2D eigenvalue weighted by Gasteiger charge is -2.28. The van der Waals surface area contributed by atoms with Gasteiger partial charge >= 0.3 is 0 Å². The molecule has 0 aromatic rings. The largest absolute Gasteiger partial charge is 0.370 e. The summed E-state index contributed by atoms with van der Waals surface area (Å²) in [6.45, 7) is 5.40. The van der Waals surface area contributed by atoms with Gasteiger partial charge in [-0.1, -0.05) is 6.92 Å². The fourth-order valence-electron chi connectivity index (χ4n) is 1.71. The van der Waals surface area contributed by atoms with Gasteiger partial charge in [0.2, 0.25) is 5.96 Å². The van der Waals surface area contributed by atoms with Crippen molar-refractivity contribution in [1.82, 2.24) is 4.90 Å². The first kappa shape index (κ1) is 11.8. The molecule has 6 nitrogen and oxygen atoms in total. The first-order valence-corrected chi connectivity index (χ1v) is 5.27. The molecule has 1 aliphatic heterocycles. The Bertz CT molecular complexity index is 247. The number of likely N-dealkylation sites (tertiary alicyclic amines) is 1. The maximum Gasteiger partial charge on any atom is 0.218 e. The number of nitrogens with two attached hydrogens (primary N) is 3. The van der Waals surface area contributed by atoms with Gasteiger partial charge in [0.15, 0.2) is 5.96 Å². The Kier molecular flexibility index (Phi) is 4.36. The Labute approximate surface area is 90.2 Å². The highest BCUT2D eigenvalue weighted by Crippen LogP contribution is 2.12. The Morgan fingerprint density at radius 1 is 1.27 bits per heavy atom. The highest BCUT2D eigenvalue weighted by atomic mass is 15.1. The molecule has 1 heterocycles. The average Bonchev–Trinajstić information content (AvgIpc) is 2.17. The SMILES string of the molecule is CCN1CCC(N=C(N)N=C(N)N)CC1. The Morgan fingerprint density at radius 2 is 1.87 bits per heavy atom. The zero-order valence-corrected chi connectivity index (χ0v) is 9.19. The third-order valence-corrected chi connectivity index (χ3v) is 2.56. The standard InChI is InChI=1S/C9H20N6/c1-2-15-5-3-7(4-6-15)13-9(12)14-8(10)11/h7H,2-6H2,1H3,(H6,10,11,12,13,14). The number of nitrogens with zero attached hydrogens (tertiary/aromatic N) is 3. The molecule has 6 N–H and O–H groups in total. The molecule has 0 radical (unpaired) electrons. The second kappa shape index (κ2) is 5.55. The van der Waals surface area contributed by atoms with Crippen LogP contribution in [0.5, 0.6) is 0 Å². The van der Waals surface area contributed by atoms with Crippen LogP contribution >= 0.6 is 0 Å². The first-order valence-electron chi connectivity index (χ1n) is 5.27. The number of rotatable bonds is 2. The minimum atomic E-state index is -0.0396. The number of guanidine groups is 2. The fourth-order valence-corrected chi connectivity index (χ4v) is 1.71. The number of aliphatic imine (C=N–C) groups is 2. The molecular formula is C9H20N6. The summed E-state index contributed by atoms with van der Waals surface area (Å²) >= 11 is 0. The van der Waals surface area contributed by atoms with E-state index in [0.717, 1.165) is 32.5 Å². The maximum atomic E-state index is 5.56.